The monoisotopic (exact) mass is 335 g/mol. The van der Waals surface area contributed by atoms with E-state index in [4.69, 9.17) is 0 Å². The van der Waals surface area contributed by atoms with Gasteiger partial charge in [-0.2, -0.15) is 0 Å². The van der Waals surface area contributed by atoms with Gasteiger partial charge < -0.3 is 15.2 Å². The van der Waals surface area contributed by atoms with E-state index in [1.807, 2.05) is 19.1 Å². The van der Waals surface area contributed by atoms with E-state index in [1.54, 1.807) is 19.0 Å². The van der Waals surface area contributed by atoms with E-state index in [0.717, 1.165) is 5.52 Å². The number of para-hydroxylation sites is 1. The van der Waals surface area contributed by atoms with Crippen molar-refractivity contribution >= 4 is 16.8 Å². The number of likely N-dealkylation sites (N-methyl/N-ethyl adjacent to an activating group) is 1. The van der Waals surface area contributed by atoms with Crippen LogP contribution in [0, 0.1) is 0 Å². The quantitative estimate of drug-likeness (QED) is 0.725. The maximum Gasteiger partial charge on any atom is 0.238 e. The summed E-state index contributed by atoms with van der Waals surface area (Å²) in [7, 11) is 3.57. The van der Waals surface area contributed by atoms with Crippen LogP contribution >= 0.6 is 0 Å². The molecule has 0 radical (unpaired) electrons. The second-order valence-corrected chi connectivity index (χ2v) is 6.62. The Labute approximate surface area is 148 Å². The number of fused-ring (bicyclic) bond motifs is 1. The fourth-order valence-electron chi connectivity index (χ4n) is 3.24. The number of benzene rings is 2. The number of nitrogens with zero attached hydrogens (tertiary/aromatic N) is 1. The Morgan fingerprint density at radius 1 is 1.08 bits per heavy atom. The Kier molecular flexibility index (Phi) is 5.19. The van der Waals surface area contributed by atoms with E-state index >= 15 is 0 Å². The fourth-order valence-corrected chi connectivity index (χ4v) is 3.24. The van der Waals surface area contributed by atoms with Crippen molar-refractivity contribution < 1.29 is 4.79 Å². The molecule has 0 saturated heterocycles. The SMILES string of the molecule is C[C@H](NC[C@H](c1ccccc1)c1c[nH]c2ccccc12)C(=O)N(C)C. The third-order valence-corrected chi connectivity index (χ3v) is 4.64. The first-order valence-electron chi connectivity index (χ1n) is 8.63. The number of H-pyrrole nitrogens is 1. The molecule has 4 heteroatoms. The lowest BCUT2D eigenvalue weighted by Gasteiger charge is -2.23. The molecule has 4 nitrogen and oxygen atoms in total. The molecule has 2 N–H and O–H groups in total. The van der Waals surface area contributed by atoms with Crippen molar-refractivity contribution in [1.29, 1.82) is 0 Å². The minimum Gasteiger partial charge on any atom is -0.361 e. The standard InChI is InChI=1S/C21H25N3O/c1-15(21(25)24(2)3)22-13-18(16-9-5-4-6-10-16)19-14-23-20-12-8-7-11-17(19)20/h4-12,14-15,18,22-23H,13H2,1-3H3/t15-,18+/m0/s1. The van der Waals surface area contributed by atoms with Crippen molar-refractivity contribution in [3.63, 3.8) is 0 Å². The average Bonchev–Trinajstić information content (AvgIpc) is 3.06. The van der Waals surface area contributed by atoms with Gasteiger partial charge in [-0.25, -0.2) is 0 Å². The molecule has 2 atom stereocenters. The predicted molar refractivity (Wildman–Crippen MR) is 103 cm³/mol. The number of carbonyl (C=O) groups is 1. The highest BCUT2D eigenvalue weighted by atomic mass is 16.2. The molecule has 25 heavy (non-hydrogen) atoms. The van der Waals surface area contributed by atoms with E-state index in [-0.39, 0.29) is 17.9 Å². The number of amides is 1. The molecule has 1 aromatic heterocycles. The zero-order valence-corrected chi connectivity index (χ0v) is 15.0. The number of carbonyl (C=O) groups excluding carboxylic acids is 1. The van der Waals surface area contributed by atoms with Gasteiger partial charge in [0, 0.05) is 43.7 Å². The van der Waals surface area contributed by atoms with Crippen molar-refractivity contribution in [2.75, 3.05) is 20.6 Å². The van der Waals surface area contributed by atoms with Crippen LogP contribution in [0.2, 0.25) is 0 Å². The summed E-state index contributed by atoms with van der Waals surface area (Å²) < 4.78 is 0. The van der Waals surface area contributed by atoms with Crippen molar-refractivity contribution in [2.24, 2.45) is 0 Å². The Morgan fingerprint density at radius 3 is 2.48 bits per heavy atom. The summed E-state index contributed by atoms with van der Waals surface area (Å²) in [6.07, 6.45) is 2.09. The number of aromatic amines is 1. The first-order valence-corrected chi connectivity index (χ1v) is 8.63. The minimum absolute atomic E-state index is 0.0886. The molecule has 3 aromatic rings. The number of aromatic nitrogens is 1. The summed E-state index contributed by atoms with van der Waals surface area (Å²) in [6.45, 7) is 2.62. The number of hydrogen-bond acceptors (Lipinski definition) is 2. The third kappa shape index (κ3) is 3.74. The molecule has 0 bridgehead atoms. The molecule has 0 aliphatic carbocycles. The molecule has 0 fully saturated rings. The fraction of sp³-hybridized carbons (Fsp3) is 0.286. The lowest BCUT2D eigenvalue weighted by molar-refractivity contribution is -0.130. The lowest BCUT2D eigenvalue weighted by Crippen LogP contribution is -2.43. The van der Waals surface area contributed by atoms with Crippen LogP contribution in [-0.4, -0.2) is 42.5 Å². The van der Waals surface area contributed by atoms with Gasteiger partial charge in [-0.3, -0.25) is 4.79 Å². The van der Waals surface area contributed by atoms with Gasteiger partial charge >= 0.3 is 0 Å². The molecule has 0 saturated carbocycles. The molecule has 130 valence electrons. The van der Waals surface area contributed by atoms with Crippen molar-refractivity contribution in [3.05, 3.63) is 71.9 Å². The highest BCUT2D eigenvalue weighted by Gasteiger charge is 2.21. The van der Waals surface area contributed by atoms with Crippen LogP contribution < -0.4 is 5.32 Å². The highest BCUT2D eigenvalue weighted by Crippen LogP contribution is 2.30. The number of nitrogens with one attached hydrogen (secondary N) is 2. The maximum absolute atomic E-state index is 12.1. The van der Waals surface area contributed by atoms with Crippen LogP contribution in [-0.2, 0) is 4.79 Å². The van der Waals surface area contributed by atoms with Gasteiger partial charge in [0.1, 0.15) is 0 Å². The van der Waals surface area contributed by atoms with Crippen LogP contribution in [0.1, 0.15) is 24.0 Å². The van der Waals surface area contributed by atoms with Crippen LogP contribution in [0.4, 0.5) is 0 Å². The van der Waals surface area contributed by atoms with Gasteiger partial charge in [-0.05, 0) is 24.1 Å². The molecular weight excluding hydrogens is 310 g/mol. The minimum atomic E-state index is -0.216. The molecule has 0 aliphatic rings. The number of hydrogen-bond donors (Lipinski definition) is 2. The normalized spacial score (nSPS) is 13.6. The summed E-state index contributed by atoms with van der Waals surface area (Å²) in [6, 6.07) is 18.6. The summed E-state index contributed by atoms with van der Waals surface area (Å²) in [5, 5.41) is 4.64. The Balaban J connectivity index is 1.90. The second kappa shape index (κ2) is 7.53. The lowest BCUT2D eigenvalue weighted by atomic mass is 9.90. The molecule has 0 unspecified atom stereocenters. The van der Waals surface area contributed by atoms with E-state index < -0.39 is 0 Å². The summed E-state index contributed by atoms with van der Waals surface area (Å²) in [5.74, 6) is 0.264. The first kappa shape index (κ1) is 17.2. The summed E-state index contributed by atoms with van der Waals surface area (Å²) in [5.41, 5.74) is 3.62. The summed E-state index contributed by atoms with van der Waals surface area (Å²) in [4.78, 5) is 17.1. The van der Waals surface area contributed by atoms with Gasteiger partial charge in [0.05, 0.1) is 6.04 Å². The van der Waals surface area contributed by atoms with Crippen LogP contribution in [0.15, 0.2) is 60.8 Å². The molecule has 1 heterocycles. The van der Waals surface area contributed by atoms with Crippen LogP contribution in [0.5, 0.6) is 0 Å². The van der Waals surface area contributed by atoms with E-state index in [2.05, 4.69) is 59.0 Å². The average molecular weight is 335 g/mol. The van der Waals surface area contributed by atoms with Gasteiger partial charge in [0.2, 0.25) is 5.91 Å². The van der Waals surface area contributed by atoms with Gasteiger partial charge in [0.25, 0.3) is 0 Å². The van der Waals surface area contributed by atoms with Gasteiger partial charge in [0.15, 0.2) is 0 Å². The maximum atomic E-state index is 12.1. The smallest absolute Gasteiger partial charge is 0.238 e. The van der Waals surface area contributed by atoms with E-state index in [0.29, 0.717) is 6.54 Å². The first-order chi connectivity index (χ1) is 12.1. The summed E-state index contributed by atoms with van der Waals surface area (Å²) >= 11 is 0. The highest BCUT2D eigenvalue weighted by molar-refractivity contribution is 5.84. The molecule has 2 aromatic carbocycles. The van der Waals surface area contributed by atoms with Crippen LogP contribution in [0.3, 0.4) is 0 Å². The zero-order valence-electron chi connectivity index (χ0n) is 15.0. The predicted octanol–water partition coefficient (Wildman–Crippen LogP) is 3.37. The van der Waals surface area contributed by atoms with Crippen molar-refractivity contribution in [2.45, 2.75) is 18.9 Å². The Morgan fingerprint density at radius 2 is 1.76 bits per heavy atom. The zero-order chi connectivity index (χ0) is 17.8. The topological polar surface area (TPSA) is 48.1 Å². The van der Waals surface area contributed by atoms with Crippen LogP contribution in [0.25, 0.3) is 10.9 Å². The molecule has 3 rings (SSSR count). The molecule has 0 spiro atoms. The van der Waals surface area contributed by atoms with Crippen molar-refractivity contribution in [1.82, 2.24) is 15.2 Å². The Hall–Kier alpha value is -2.59. The molecule has 1 amide bonds. The Bertz CT molecular complexity index is 838. The van der Waals surface area contributed by atoms with Gasteiger partial charge in [-0.15, -0.1) is 0 Å². The van der Waals surface area contributed by atoms with E-state index in [1.165, 1.54) is 16.5 Å². The largest absolute Gasteiger partial charge is 0.361 e. The third-order valence-electron chi connectivity index (χ3n) is 4.64. The molecular formula is C21H25N3O. The number of rotatable bonds is 6. The second-order valence-electron chi connectivity index (χ2n) is 6.62. The van der Waals surface area contributed by atoms with Gasteiger partial charge in [-0.1, -0.05) is 48.5 Å². The molecule has 0 aliphatic heterocycles. The van der Waals surface area contributed by atoms with Crippen molar-refractivity contribution in [3.8, 4) is 0 Å². The van der Waals surface area contributed by atoms with E-state index in [9.17, 15) is 4.79 Å².